The molecule has 0 spiro atoms. The molecule has 0 bridgehead atoms. The van der Waals surface area contributed by atoms with E-state index in [1.54, 1.807) is 0 Å². The van der Waals surface area contributed by atoms with Crippen LogP contribution in [-0.4, -0.2) is 30.9 Å². The molecule has 0 saturated carbocycles. The van der Waals surface area contributed by atoms with Gasteiger partial charge >= 0.3 is 6.09 Å². The van der Waals surface area contributed by atoms with Crippen LogP contribution in [0.25, 0.3) is 6.08 Å². The fraction of sp³-hybridized carbons (Fsp3) is 0.381. The number of allylic oxidation sites excluding steroid dienone is 1. The Morgan fingerprint density at radius 2 is 2.00 bits per heavy atom. The zero-order valence-corrected chi connectivity index (χ0v) is 15.5. The molecule has 1 atom stereocenters. The highest BCUT2D eigenvalue weighted by atomic mass is 16.6. The fourth-order valence-electron chi connectivity index (χ4n) is 2.50. The molecule has 1 aliphatic rings. The van der Waals surface area contributed by atoms with Gasteiger partial charge in [-0.3, -0.25) is 0 Å². The number of hydrogen-bond donors (Lipinski definition) is 1. The SMILES string of the molecule is C=C(C1=C[C@@H](NC(=O)OC(C)(C)C)COC1)/C(C)=C/c1ccccc1. The van der Waals surface area contributed by atoms with E-state index >= 15 is 0 Å². The van der Waals surface area contributed by atoms with E-state index in [0.717, 1.165) is 22.3 Å². The third-order valence-corrected chi connectivity index (χ3v) is 3.71. The molecule has 0 radical (unpaired) electrons. The summed E-state index contributed by atoms with van der Waals surface area (Å²) in [5.74, 6) is 0. The molecule has 0 saturated heterocycles. The molecule has 1 amide bonds. The van der Waals surface area contributed by atoms with E-state index < -0.39 is 11.7 Å². The average Bonchev–Trinajstić information content (AvgIpc) is 2.53. The van der Waals surface area contributed by atoms with Crippen molar-refractivity contribution in [3.63, 3.8) is 0 Å². The van der Waals surface area contributed by atoms with Crippen molar-refractivity contribution in [1.82, 2.24) is 5.32 Å². The third kappa shape index (κ3) is 6.24. The molecule has 134 valence electrons. The first-order chi connectivity index (χ1) is 11.7. The number of alkyl carbamates (subject to hydrolysis) is 1. The lowest BCUT2D eigenvalue weighted by atomic mass is 9.96. The van der Waals surface area contributed by atoms with E-state index in [-0.39, 0.29) is 6.04 Å². The number of benzene rings is 1. The Kier molecular flexibility index (Phi) is 6.21. The first kappa shape index (κ1) is 19.0. The Morgan fingerprint density at radius 3 is 2.64 bits per heavy atom. The van der Waals surface area contributed by atoms with E-state index in [0.29, 0.717) is 13.2 Å². The van der Waals surface area contributed by atoms with Gasteiger partial charge in [0.2, 0.25) is 0 Å². The van der Waals surface area contributed by atoms with Gasteiger partial charge in [0.25, 0.3) is 0 Å². The van der Waals surface area contributed by atoms with Gasteiger partial charge in [-0.15, -0.1) is 0 Å². The molecule has 0 fully saturated rings. The Hall–Kier alpha value is -2.33. The number of carbonyl (C=O) groups excluding carboxylic acids is 1. The zero-order chi connectivity index (χ0) is 18.4. The van der Waals surface area contributed by atoms with Crippen molar-refractivity contribution in [1.29, 1.82) is 0 Å². The van der Waals surface area contributed by atoms with E-state index in [2.05, 4.69) is 30.1 Å². The summed E-state index contributed by atoms with van der Waals surface area (Å²) in [7, 11) is 0. The summed E-state index contributed by atoms with van der Waals surface area (Å²) in [5, 5.41) is 2.83. The van der Waals surface area contributed by atoms with Crippen LogP contribution in [0.5, 0.6) is 0 Å². The topological polar surface area (TPSA) is 47.6 Å². The van der Waals surface area contributed by atoms with E-state index in [4.69, 9.17) is 9.47 Å². The molecular formula is C21H27NO3. The summed E-state index contributed by atoms with van der Waals surface area (Å²) in [5.41, 5.74) is 3.57. The van der Waals surface area contributed by atoms with Gasteiger partial charge in [-0.2, -0.15) is 0 Å². The van der Waals surface area contributed by atoms with Gasteiger partial charge in [0.1, 0.15) is 5.60 Å². The van der Waals surface area contributed by atoms with Crippen molar-refractivity contribution in [3.05, 3.63) is 65.3 Å². The minimum Gasteiger partial charge on any atom is -0.444 e. The first-order valence-corrected chi connectivity index (χ1v) is 8.45. The lowest BCUT2D eigenvalue weighted by Gasteiger charge is -2.26. The van der Waals surface area contributed by atoms with Crippen LogP contribution in [0.3, 0.4) is 0 Å². The Labute approximate surface area is 150 Å². The van der Waals surface area contributed by atoms with Crippen LogP contribution in [0.1, 0.15) is 33.3 Å². The van der Waals surface area contributed by atoms with Crippen LogP contribution >= 0.6 is 0 Å². The van der Waals surface area contributed by atoms with Crippen LogP contribution in [0, 0.1) is 0 Å². The van der Waals surface area contributed by atoms with Crippen LogP contribution in [-0.2, 0) is 9.47 Å². The van der Waals surface area contributed by atoms with Gasteiger partial charge in [-0.1, -0.05) is 49.1 Å². The smallest absolute Gasteiger partial charge is 0.408 e. The molecule has 4 heteroatoms. The highest BCUT2D eigenvalue weighted by Crippen LogP contribution is 2.23. The maximum atomic E-state index is 11.9. The molecular weight excluding hydrogens is 314 g/mol. The maximum Gasteiger partial charge on any atom is 0.408 e. The number of hydrogen-bond acceptors (Lipinski definition) is 3. The normalized spacial score (nSPS) is 18.3. The standard InChI is InChI=1S/C21H27NO3/c1-15(11-17-9-7-6-8-10-17)16(2)18-12-19(14-24-13-18)22-20(23)25-21(3,4)5/h6-12,19H,2,13-14H2,1,3-5H3,(H,22,23)/b15-11+/t19-/m1/s1. The summed E-state index contributed by atoms with van der Waals surface area (Å²) in [6.45, 7) is 12.6. The Balaban J connectivity index is 2.05. The van der Waals surface area contributed by atoms with Crippen molar-refractivity contribution in [2.45, 2.75) is 39.3 Å². The van der Waals surface area contributed by atoms with Crippen molar-refractivity contribution < 1.29 is 14.3 Å². The van der Waals surface area contributed by atoms with Gasteiger partial charge in [0.15, 0.2) is 0 Å². The number of nitrogens with one attached hydrogen (secondary N) is 1. The van der Waals surface area contributed by atoms with Gasteiger partial charge in [0, 0.05) is 0 Å². The second kappa shape index (κ2) is 8.17. The number of ether oxygens (including phenoxy) is 2. The number of carbonyl (C=O) groups is 1. The van der Waals surface area contributed by atoms with E-state index in [9.17, 15) is 4.79 Å². The van der Waals surface area contributed by atoms with Crippen LogP contribution in [0.4, 0.5) is 4.79 Å². The number of amides is 1. The molecule has 1 heterocycles. The summed E-state index contributed by atoms with van der Waals surface area (Å²) < 4.78 is 10.9. The largest absolute Gasteiger partial charge is 0.444 e. The third-order valence-electron chi connectivity index (χ3n) is 3.71. The highest BCUT2D eigenvalue weighted by Gasteiger charge is 2.21. The summed E-state index contributed by atoms with van der Waals surface area (Å²) in [6.07, 6.45) is 3.65. The molecule has 2 rings (SSSR count). The lowest BCUT2D eigenvalue weighted by molar-refractivity contribution is 0.0466. The van der Waals surface area contributed by atoms with Crippen molar-refractivity contribution in [2.75, 3.05) is 13.2 Å². The van der Waals surface area contributed by atoms with Crippen LogP contribution in [0.2, 0.25) is 0 Å². The summed E-state index contributed by atoms with van der Waals surface area (Å²) in [4.78, 5) is 11.9. The Morgan fingerprint density at radius 1 is 1.32 bits per heavy atom. The predicted molar refractivity (Wildman–Crippen MR) is 101 cm³/mol. The quantitative estimate of drug-likeness (QED) is 0.821. The van der Waals surface area contributed by atoms with E-state index in [1.165, 1.54) is 0 Å². The molecule has 1 N–H and O–H groups in total. The molecule has 1 aliphatic heterocycles. The monoisotopic (exact) mass is 341 g/mol. The minimum absolute atomic E-state index is 0.222. The predicted octanol–water partition coefficient (Wildman–Crippen LogP) is 4.50. The maximum absolute atomic E-state index is 11.9. The highest BCUT2D eigenvalue weighted by molar-refractivity contribution is 5.69. The summed E-state index contributed by atoms with van der Waals surface area (Å²) >= 11 is 0. The second-order valence-corrected chi connectivity index (χ2v) is 7.18. The van der Waals surface area contributed by atoms with Crippen molar-refractivity contribution in [2.24, 2.45) is 0 Å². The van der Waals surface area contributed by atoms with Gasteiger partial charge < -0.3 is 14.8 Å². The minimum atomic E-state index is -0.523. The van der Waals surface area contributed by atoms with Gasteiger partial charge in [0.05, 0.1) is 19.3 Å². The van der Waals surface area contributed by atoms with Gasteiger partial charge in [-0.25, -0.2) is 4.79 Å². The first-order valence-electron chi connectivity index (χ1n) is 8.45. The molecule has 25 heavy (non-hydrogen) atoms. The van der Waals surface area contributed by atoms with Crippen LogP contribution in [0.15, 0.2) is 59.7 Å². The van der Waals surface area contributed by atoms with Gasteiger partial charge in [-0.05, 0) is 50.0 Å². The molecule has 1 aromatic carbocycles. The zero-order valence-electron chi connectivity index (χ0n) is 15.5. The molecule has 0 aliphatic carbocycles. The van der Waals surface area contributed by atoms with Crippen LogP contribution < -0.4 is 5.32 Å². The second-order valence-electron chi connectivity index (χ2n) is 7.18. The molecule has 0 unspecified atom stereocenters. The fourth-order valence-corrected chi connectivity index (χ4v) is 2.50. The van der Waals surface area contributed by atoms with Crippen molar-refractivity contribution >= 4 is 12.2 Å². The lowest BCUT2D eigenvalue weighted by Crippen LogP contribution is -2.42. The van der Waals surface area contributed by atoms with Crippen molar-refractivity contribution in [3.8, 4) is 0 Å². The molecule has 1 aromatic rings. The molecule has 0 aromatic heterocycles. The molecule has 4 nitrogen and oxygen atoms in total. The number of rotatable bonds is 4. The summed E-state index contributed by atoms with van der Waals surface area (Å²) in [6, 6.07) is 9.88. The average molecular weight is 341 g/mol. The van der Waals surface area contributed by atoms with E-state index in [1.807, 2.05) is 52.0 Å². The Bertz CT molecular complexity index is 681.